The monoisotopic (exact) mass is 240 g/mol. The minimum atomic E-state index is 0.108. The first kappa shape index (κ1) is 10.3. The van der Waals surface area contributed by atoms with Crippen molar-refractivity contribution in [3.8, 4) is 17.5 Å². The van der Waals surface area contributed by atoms with Gasteiger partial charge in [-0.05, 0) is 6.07 Å². The molecule has 88 valence electrons. The van der Waals surface area contributed by atoms with Gasteiger partial charge >= 0.3 is 0 Å². The Morgan fingerprint density at radius 3 is 2.72 bits per heavy atom. The van der Waals surface area contributed by atoms with Crippen molar-refractivity contribution >= 4 is 5.95 Å². The molecular formula is C10H8N8. The predicted molar refractivity (Wildman–Crippen MR) is 62.4 cm³/mol. The lowest BCUT2D eigenvalue weighted by Gasteiger charge is -2.03. The number of nitrogens with two attached hydrogens (primary N) is 1. The highest BCUT2D eigenvalue weighted by Crippen LogP contribution is 2.12. The van der Waals surface area contributed by atoms with Crippen LogP contribution in [0.1, 0.15) is 0 Å². The molecule has 3 rings (SSSR count). The van der Waals surface area contributed by atoms with Gasteiger partial charge in [-0.25, -0.2) is 9.67 Å². The van der Waals surface area contributed by atoms with E-state index in [-0.39, 0.29) is 5.95 Å². The third-order valence-electron chi connectivity index (χ3n) is 2.14. The number of nitrogen functional groups attached to an aromatic ring is 1. The van der Waals surface area contributed by atoms with Crippen LogP contribution >= 0.6 is 0 Å². The van der Waals surface area contributed by atoms with Crippen molar-refractivity contribution < 1.29 is 0 Å². The highest BCUT2D eigenvalue weighted by Gasteiger charge is 2.09. The summed E-state index contributed by atoms with van der Waals surface area (Å²) in [6.45, 7) is 0. The Bertz CT molecular complexity index is 649. The van der Waals surface area contributed by atoms with Gasteiger partial charge in [-0.3, -0.25) is 4.98 Å². The van der Waals surface area contributed by atoms with Crippen LogP contribution in [0.4, 0.5) is 5.95 Å². The van der Waals surface area contributed by atoms with E-state index >= 15 is 0 Å². The summed E-state index contributed by atoms with van der Waals surface area (Å²) in [7, 11) is 0. The van der Waals surface area contributed by atoms with Crippen LogP contribution in [0, 0.1) is 0 Å². The van der Waals surface area contributed by atoms with Crippen molar-refractivity contribution in [1.82, 2.24) is 34.7 Å². The maximum atomic E-state index is 5.65. The van der Waals surface area contributed by atoms with Gasteiger partial charge in [0.05, 0.1) is 6.20 Å². The van der Waals surface area contributed by atoms with Crippen LogP contribution in [0.2, 0.25) is 0 Å². The Labute approximate surface area is 102 Å². The summed E-state index contributed by atoms with van der Waals surface area (Å²) in [6, 6.07) is 1.77. The smallest absolute Gasteiger partial charge is 0.255 e. The van der Waals surface area contributed by atoms with Crippen molar-refractivity contribution in [3.63, 3.8) is 0 Å². The van der Waals surface area contributed by atoms with E-state index in [0.29, 0.717) is 17.5 Å². The number of nitrogens with zero attached hydrogens (tertiary/aromatic N) is 7. The van der Waals surface area contributed by atoms with E-state index in [4.69, 9.17) is 5.73 Å². The third-order valence-corrected chi connectivity index (χ3v) is 2.14. The molecule has 0 saturated heterocycles. The molecular weight excluding hydrogens is 232 g/mol. The third kappa shape index (κ3) is 1.86. The molecule has 0 aromatic carbocycles. The molecule has 0 amide bonds. The average Bonchev–Trinajstić information content (AvgIpc) is 2.93. The van der Waals surface area contributed by atoms with Crippen molar-refractivity contribution in [2.75, 3.05) is 5.73 Å². The molecule has 0 bridgehead atoms. The van der Waals surface area contributed by atoms with Gasteiger partial charge in [-0.1, -0.05) is 0 Å². The lowest BCUT2D eigenvalue weighted by molar-refractivity contribution is 0.800. The molecule has 0 atom stereocenters. The largest absolute Gasteiger partial charge is 0.368 e. The van der Waals surface area contributed by atoms with E-state index in [1.807, 2.05) is 0 Å². The lowest BCUT2D eigenvalue weighted by Crippen LogP contribution is -2.08. The Morgan fingerprint density at radius 2 is 2.00 bits per heavy atom. The van der Waals surface area contributed by atoms with Crippen molar-refractivity contribution in [2.45, 2.75) is 0 Å². The van der Waals surface area contributed by atoms with E-state index in [1.165, 1.54) is 4.68 Å². The zero-order chi connectivity index (χ0) is 12.4. The van der Waals surface area contributed by atoms with E-state index in [9.17, 15) is 0 Å². The van der Waals surface area contributed by atoms with Crippen LogP contribution in [0.15, 0.2) is 37.1 Å². The van der Waals surface area contributed by atoms with Crippen molar-refractivity contribution in [3.05, 3.63) is 37.1 Å². The lowest BCUT2D eigenvalue weighted by atomic mass is 10.4. The fraction of sp³-hybridized carbons (Fsp3) is 0. The summed E-state index contributed by atoms with van der Waals surface area (Å²) in [4.78, 5) is 20.3. The molecule has 0 fully saturated rings. The Balaban J connectivity index is 2.12. The van der Waals surface area contributed by atoms with Gasteiger partial charge in [-0.2, -0.15) is 20.1 Å². The molecule has 8 nitrogen and oxygen atoms in total. The van der Waals surface area contributed by atoms with Crippen molar-refractivity contribution in [1.29, 1.82) is 0 Å². The van der Waals surface area contributed by atoms with Crippen LogP contribution in [0.3, 0.4) is 0 Å². The van der Waals surface area contributed by atoms with Gasteiger partial charge in [0.2, 0.25) is 5.95 Å². The van der Waals surface area contributed by atoms with E-state index in [0.717, 1.165) is 0 Å². The van der Waals surface area contributed by atoms with Crippen molar-refractivity contribution in [2.24, 2.45) is 0 Å². The van der Waals surface area contributed by atoms with Crippen LogP contribution in [-0.2, 0) is 0 Å². The zero-order valence-corrected chi connectivity index (χ0v) is 9.17. The van der Waals surface area contributed by atoms with Gasteiger partial charge in [0.25, 0.3) is 5.95 Å². The first-order valence-electron chi connectivity index (χ1n) is 5.11. The number of anilines is 1. The molecule has 0 spiro atoms. The number of rotatable bonds is 2. The van der Waals surface area contributed by atoms with Crippen LogP contribution in [-0.4, -0.2) is 34.7 Å². The highest BCUT2D eigenvalue weighted by atomic mass is 15.4. The molecule has 0 unspecified atom stereocenters. The standard InChI is InChI=1S/C10H8N8/c11-9-15-8(7-6-12-3-4-13-7)16-10(17-9)18-5-1-2-14-18/h1-6H,(H2,11,15,16,17). The molecule has 2 N–H and O–H groups in total. The normalized spacial score (nSPS) is 10.4. The van der Waals surface area contributed by atoms with Crippen LogP contribution < -0.4 is 5.73 Å². The van der Waals surface area contributed by atoms with E-state index in [2.05, 4.69) is 30.0 Å². The van der Waals surface area contributed by atoms with Crippen LogP contribution in [0.5, 0.6) is 0 Å². The number of hydrogen-bond donors (Lipinski definition) is 1. The minimum absolute atomic E-state index is 0.108. The van der Waals surface area contributed by atoms with Gasteiger partial charge in [0.1, 0.15) is 5.69 Å². The van der Waals surface area contributed by atoms with E-state index in [1.54, 1.807) is 37.1 Å². The number of aromatic nitrogens is 7. The molecule has 18 heavy (non-hydrogen) atoms. The van der Waals surface area contributed by atoms with Gasteiger partial charge in [0, 0.05) is 24.8 Å². The first-order valence-corrected chi connectivity index (χ1v) is 5.11. The molecule has 0 aliphatic heterocycles. The molecule has 3 aromatic heterocycles. The molecule has 8 heteroatoms. The second-order valence-corrected chi connectivity index (χ2v) is 3.36. The maximum Gasteiger partial charge on any atom is 0.255 e. The van der Waals surface area contributed by atoms with Gasteiger partial charge in [-0.15, -0.1) is 0 Å². The summed E-state index contributed by atoms with van der Waals surface area (Å²) in [5.74, 6) is 0.811. The fourth-order valence-electron chi connectivity index (χ4n) is 1.40. The van der Waals surface area contributed by atoms with Gasteiger partial charge < -0.3 is 5.73 Å². The zero-order valence-electron chi connectivity index (χ0n) is 9.17. The van der Waals surface area contributed by atoms with E-state index < -0.39 is 0 Å². The summed E-state index contributed by atoms with van der Waals surface area (Å²) in [5.41, 5.74) is 6.18. The Morgan fingerprint density at radius 1 is 1.06 bits per heavy atom. The molecule has 3 aromatic rings. The Kier molecular flexibility index (Phi) is 2.38. The van der Waals surface area contributed by atoms with Gasteiger partial charge in [0.15, 0.2) is 5.82 Å². The average molecular weight is 240 g/mol. The fourth-order valence-corrected chi connectivity index (χ4v) is 1.40. The topological polar surface area (TPSA) is 108 Å². The number of hydrogen-bond acceptors (Lipinski definition) is 7. The molecule has 0 radical (unpaired) electrons. The summed E-state index contributed by atoms with van der Waals surface area (Å²) < 4.78 is 1.50. The summed E-state index contributed by atoms with van der Waals surface area (Å²) >= 11 is 0. The molecule has 0 aliphatic rings. The molecule has 3 heterocycles. The highest BCUT2D eigenvalue weighted by molar-refractivity contribution is 5.49. The summed E-state index contributed by atoms with van der Waals surface area (Å²) in [5, 5.41) is 4.03. The second-order valence-electron chi connectivity index (χ2n) is 3.36. The Hall–Kier alpha value is -2.90. The SMILES string of the molecule is Nc1nc(-c2cnccn2)nc(-n2cccn2)n1. The predicted octanol–water partition coefficient (Wildman–Crippen LogP) is 0.0965. The molecule has 0 aliphatic carbocycles. The van der Waals surface area contributed by atoms with Crippen LogP contribution in [0.25, 0.3) is 17.5 Å². The minimum Gasteiger partial charge on any atom is -0.368 e. The first-order chi connectivity index (χ1) is 8.83. The maximum absolute atomic E-state index is 5.65. The quantitative estimate of drug-likeness (QED) is 0.676. The second kappa shape index (κ2) is 4.17. The molecule has 0 saturated carbocycles. The summed E-state index contributed by atoms with van der Waals surface area (Å²) in [6.07, 6.45) is 8.03.